The fraction of sp³-hybridized carbons (Fsp3) is 0.444. The molecule has 3 heteroatoms. The molecule has 0 radical (unpaired) electrons. The number of aromatic nitrogens is 1. The third-order valence-corrected chi connectivity index (χ3v) is 2.73. The van der Waals surface area contributed by atoms with E-state index in [1.54, 1.807) is 0 Å². The summed E-state index contributed by atoms with van der Waals surface area (Å²) in [6, 6.07) is 4.18. The van der Waals surface area contributed by atoms with Crippen LogP contribution in [0.3, 0.4) is 0 Å². The summed E-state index contributed by atoms with van der Waals surface area (Å²) in [7, 11) is 0. The van der Waals surface area contributed by atoms with Crippen molar-refractivity contribution < 1.29 is 0 Å². The minimum Gasteiger partial charge on any atom is -0.324 e. The summed E-state index contributed by atoms with van der Waals surface area (Å²) in [5.41, 5.74) is 7.15. The fourth-order valence-corrected chi connectivity index (χ4v) is 1.55. The van der Waals surface area contributed by atoms with Gasteiger partial charge in [0.25, 0.3) is 0 Å². The molecule has 0 spiro atoms. The van der Waals surface area contributed by atoms with E-state index in [0.717, 1.165) is 10.2 Å². The van der Waals surface area contributed by atoms with Gasteiger partial charge in [-0.2, -0.15) is 0 Å². The van der Waals surface area contributed by atoms with Crippen LogP contribution in [-0.2, 0) is 0 Å². The molecule has 1 aliphatic rings. The lowest BCUT2D eigenvalue weighted by molar-refractivity contribution is 0.630. The fourth-order valence-electron chi connectivity index (χ4n) is 1.31. The molecule has 0 unspecified atom stereocenters. The highest BCUT2D eigenvalue weighted by atomic mass is 79.9. The summed E-state index contributed by atoms with van der Waals surface area (Å²) < 4.78 is 0.870. The van der Waals surface area contributed by atoms with Crippen LogP contribution in [0, 0.1) is 5.92 Å². The molecule has 2 N–H and O–H groups in total. The summed E-state index contributed by atoms with van der Waals surface area (Å²) in [6.45, 7) is 0. The van der Waals surface area contributed by atoms with Crippen LogP contribution >= 0.6 is 15.9 Å². The predicted octanol–water partition coefficient (Wildman–Crippen LogP) is 2.25. The van der Waals surface area contributed by atoms with Gasteiger partial charge in [0.15, 0.2) is 0 Å². The minimum atomic E-state index is 0.200. The van der Waals surface area contributed by atoms with E-state index >= 15 is 0 Å². The largest absolute Gasteiger partial charge is 0.324 e. The Bertz CT molecular complexity index is 266. The molecule has 1 fully saturated rings. The van der Waals surface area contributed by atoms with Crippen LogP contribution in [0.1, 0.15) is 24.4 Å². The lowest BCUT2D eigenvalue weighted by atomic mass is 10.1. The first-order chi connectivity index (χ1) is 5.77. The minimum absolute atomic E-state index is 0.200. The van der Waals surface area contributed by atoms with Crippen LogP contribution in [0.4, 0.5) is 0 Å². The molecule has 1 saturated carbocycles. The van der Waals surface area contributed by atoms with Crippen LogP contribution in [0.25, 0.3) is 0 Å². The molecule has 1 aromatic rings. The molecular formula is C9H11BrN2. The topological polar surface area (TPSA) is 38.9 Å². The molecule has 1 atom stereocenters. The molecule has 1 aromatic heterocycles. The van der Waals surface area contributed by atoms with Crippen molar-refractivity contribution in [1.82, 2.24) is 4.98 Å². The van der Waals surface area contributed by atoms with Gasteiger partial charge in [-0.25, -0.2) is 4.98 Å². The third-order valence-electron chi connectivity index (χ3n) is 2.27. The highest BCUT2D eigenvalue weighted by Gasteiger charge is 2.29. The Hall–Kier alpha value is -0.410. The van der Waals surface area contributed by atoms with E-state index in [2.05, 4.69) is 20.9 Å². The summed E-state index contributed by atoms with van der Waals surface area (Å²) in [6.07, 6.45) is 4.40. The Morgan fingerprint density at radius 2 is 2.25 bits per heavy atom. The molecule has 0 amide bonds. The summed E-state index contributed by atoms with van der Waals surface area (Å²) in [5, 5.41) is 0. The SMILES string of the molecule is N[C@@H](c1ccc(Br)nc1)C1CC1. The quantitative estimate of drug-likeness (QED) is 0.787. The molecule has 2 nitrogen and oxygen atoms in total. The number of rotatable bonds is 2. The van der Waals surface area contributed by atoms with Gasteiger partial charge in [-0.15, -0.1) is 0 Å². The van der Waals surface area contributed by atoms with Gasteiger partial charge in [0.1, 0.15) is 4.60 Å². The number of nitrogens with zero attached hydrogens (tertiary/aromatic N) is 1. The standard InChI is InChI=1S/C9H11BrN2/c10-8-4-3-7(5-12-8)9(11)6-1-2-6/h3-6,9H,1-2,11H2/t9-/m1/s1. The van der Waals surface area contributed by atoms with Crippen LogP contribution in [0.5, 0.6) is 0 Å². The van der Waals surface area contributed by atoms with Crippen molar-refractivity contribution in [3.05, 3.63) is 28.5 Å². The van der Waals surface area contributed by atoms with E-state index in [-0.39, 0.29) is 6.04 Å². The van der Waals surface area contributed by atoms with E-state index in [0.29, 0.717) is 5.92 Å². The van der Waals surface area contributed by atoms with Crippen LogP contribution in [0.15, 0.2) is 22.9 Å². The maximum atomic E-state index is 6.00. The van der Waals surface area contributed by atoms with Gasteiger partial charge in [0, 0.05) is 12.2 Å². The zero-order valence-corrected chi connectivity index (χ0v) is 8.29. The van der Waals surface area contributed by atoms with E-state index in [1.807, 2.05) is 18.3 Å². The molecule has 1 aliphatic carbocycles. The lowest BCUT2D eigenvalue weighted by Gasteiger charge is -2.09. The van der Waals surface area contributed by atoms with Crippen molar-refractivity contribution in [3.63, 3.8) is 0 Å². The first kappa shape index (κ1) is 8.20. The second-order valence-corrected chi connectivity index (χ2v) is 4.09. The Kier molecular flexibility index (Phi) is 2.15. The van der Waals surface area contributed by atoms with Crippen molar-refractivity contribution in [2.45, 2.75) is 18.9 Å². The molecule has 2 rings (SSSR count). The number of nitrogens with two attached hydrogens (primary N) is 1. The maximum Gasteiger partial charge on any atom is 0.106 e. The monoisotopic (exact) mass is 226 g/mol. The van der Waals surface area contributed by atoms with Crippen molar-refractivity contribution in [2.24, 2.45) is 11.7 Å². The first-order valence-electron chi connectivity index (χ1n) is 4.14. The van der Waals surface area contributed by atoms with E-state index in [1.165, 1.54) is 12.8 Å². The maximum absolute atomic E-state index is 6.00. The average Bonchev–Trinajstić information content (AvgIpc) is 2.87. The second kappa shape index (κ2) is 3.15. The summed E-state index contributed by atoms with van der Waals surface area (Å²) in [5.74, 6) is 0.702. The summed E-state index contributed by atoms with van der Waals surface area (Å²) >= 11 is 3.30. The smallest absolute Gasteiger partial charge is 0.106 e. The van der Waals surface area contributed by atoms with Gasteiger partial charge < -0.3 is 5.73 Å². The average molecular weight is 227 g/mol. The number of pyridine rings is 1. The van der Waals surface area contributed by atoms with E-state index in [9.17, 15) is 0 Å². The van der Waals surface area contributed by atoms with Gasteiger partial charge in [0.2, 0.25) is 0 Å². The molecule has 0 aromatic carbocycles. The van der Waals surface area contributed by atoms with Crippen LogP contribution < -0.4 is 5.73 Å². The van der Waals surface area contributed by atoms with Crippen molar-refractivity contribution in [3.8, 4) is 0 Å². The molecular weight excluding hydrogens is 216 g/mol. The Morgan fingerprint density at radius 1 is 1.50 bits per heavy atom. The van der Waals surface area contributed by atoms with E-state index < -0.39 is 0 Å². The zero-order chi connectivity index (χ0) is 8.55. The highest BCUT2D eigenvalue weighted by molar-refractivity contribution is 9.10. The summed E-state index contributed by atoms with van der Waals surface area (Å²) in [4.78, 5) is 4.15. The van der Waals surface area contributed by atoms with Crippen molar-refractivity contribution >= 4 is 15.9 Å². The second-order valence-electron chi connectivity index (χ2n) is 3.28. The number of halogens is 1. The van der Waals surface area contributed by atoms with E-state index in [4.69, 9.17) is 5.73 Å². The predicted molar refractivity (Wildman–Crippen MR) is 51.6 cm³/mol. The first-order valence-corrected chi connectivity index (χ1v) is 4.93. The van der Waals surface area contributed by atoms with Gasteiger partial charge in [-0.3, -0.25) is 0 Å². The van der Waals surface area contributed by atoms with Gasteiger partial charge in [0.05, 0.1) is 0 Å². The van der Waals surface area contributed by atoms with Crippen LogP contribution in [-0.4, -0.2) is 4.98 Å². The van der Waals surface area contributed by atoms with Gasteiger partial charge in [-0.1, -0.05) is 6.07 Å². The molecule has 0 aliphatic heterocycles. The number of hydrogen-bond donors (Lipinski definition) is 1. The molecule has 0 bridgehead atoms. The molecule has 1 heterocycles. The Balaban J connectivity index is 2.16. The van der Waals surface area contributed by atoms with Crippen molar-refractivity contribution in [1.29, 1.82) is 0 Å². The highest BCUT2D eigenvalue weighted by Crippen LogP contribution is 2.39. The van der Waals surface area contributed by atoms with Crippen LogP contribution in [0.2, 0.25) is 0 Å². The molecule has 64 valence electrons. The molecule has 0 saturated heterocycles. The van der Waals surface area contributed by atoms with Crippen molar-refractivity contribution in [2.75, 3.05) is 0 Å². The Labute approximate surface area is 80.3 Å². The zero-order valence-electron chi connectivity index (χ0n) is 6.70. The molecule has 12 heavy (non-hydrogen) atoms. The third kappa shape index (κ3) is 1.67. The van der Waals surface area contributed by atoms with Gasteiger partial charge >= 0.3 is 0 Å². The Morgan fingerprint density at radius 3 is 2.75 bits per heavy atom. The lowest BCUT2D eigenvalue weighted by Crippen LogP contribution is -2.12. The normalized spacial score (nSPS) is 19.2. The van der Waals surface area contributed by atoms with Gasteiger partial charge in [-0.05, 0) is 46.3 Å². The number of hydrogen-bond acceptors (Lipinski definition) is 2.